The topological polar surface area (TPSA) is 27.3 Å². The molecule has 0 saturated carbocycles. The van der Waals surface area contributed by atoms with Crippen molar-refractivity contribution in [3.8, 4) is 0 Å². The van der Waals surface area contributed by atoms with Gasteiger partial charge in [0.05, 0.1) is 0 Å². The second kappa shape index (κ2) is 6.25. The summed E-state index contributed by atoms with van der Waals surface area (Å²) < 4.78 is 0. The molecule has 0 aromatic heterocycles. The first kappa shape index (κ1) is 13.4. The Labute approximate surface area is 121 Å². The largest absolute Gasteiger partial charge is 0.387 e. The van der Waals surface area contributed by atoms with E-state index in [-0.39, 0.29) is 0 Å². The summed E-state index contributed by atoms with van der Waals surface area (Å²) in [5.41, 5.74) is 5.40. The lowest BCUT2D eigenvalue weighted by Gasteiger charge is -2.27. The summed E-state index contributed by atoms with van der Waals surface area (Å²) >= 11 is 0. The van der Waals surface area contributed by atoms with E-state index < -0.39 is 0 Å². The van der Waals surface area contributed by atoms with Gasteiger partial charge in [-0.15, -0.1) is 0 Å². The van der Waals surface area contributed by atoms with Gasteiger partial charge in [-0.3, -0.25) is 4.90 Å². The summed E-state index contributed by atoms with van der Waals surface area (Å²) in [6.07, 6.45) is 4.34. The molecule has 2 heterocycles. The molecule has 1 aromatic carbocycles. The van der Waals surface area contributed by atoms with Crippen molar-refractivity contribution in [3.63, 3.8) is 0 Å². The first-order valence-electron chi connectivity index (χ1n) is 7.44. The van der Waals surface area contributed by atoms with Crippen LogP contribution in [0.25, 0.3) is 5.57 Å². The highest BCUT2D eigenvalue weighted by Gasteiger charge is 2.10. The predicted molar refractivity (Wildman–Crippen MR) is 84.3 cm³/mol. The number of piperazine rings is 1. The number of dihydropyridines is 1. The number of benzene rings is 1. The van der Waals surface area contributed by atoms with E-state index in [1.165, 1.54) is 22.3 Å². The monoisotopic (exact) mass is 269 g/mol. The van der Waals surface area contributed by atoms with E-state index >= 15 is 0 Å². The Morgan fingerprint density at radius 3 is 2.55 bits per heavy atom. The third-order valence-electron chi connectivity index (χ3n) is 3.96. The van der Waals surface area contributed by atoms with Crippen molar-refractivity contribution in [1.82, 2.24) is 15.5 Å². The normalized spacial score (nSPS) is 20.1. The molecule has 1 aromatic rings. The van der Waals surface area contributed by atoms with E-state index in [1.807, 2.05) is 0 Å². The maximum atomic E-state index is 3.40. The van der Waals surface area contributed by atoms with Crippen LogP contribution in [-0.4, -0.2) is 37.6 Å². The van der Waals surface area contributed by atoms with E-state index in [4.69, 9.17) is 0 Å². The van der Waals surface area contributed by atoms with Crippen LogP contribution >= 0.6 is 0 Å². The zero-order valence-electron chi connectivity index (χ0n) is 12.2. The third kappa shape index (κ3) is 3.30. The molecule has 0 atom stereocenters. The number of nitrogens with zero attached hydrogens (tertiary/aromatic N) is 1. The molecule has 3 heteroatoms. The number of hydrogen-bond donors (Lipinski definition) is 2. The summed E-state index contributed by atoms with van der Waals surface area (Å²) in [7, 11) is 0. The van der Waals surface area contributed by atoms with Gasteiger partial charge in [0.2, 0.25) is 0 Å². The Bertz CT molecular complexity index is 508. The zero-order chi connectivity index (χ0) is 13.8. The lowest BCUT2D eigenvalue weighted by atomic mass is 10.00. The maximum absolute atomic E-state index is 3.40. The highest BCUT2D eigenvalue weighted by molar-refractivity contribution is 5.70. The molecule has 2 aliphatic rings. The van der Waals surface area contributed by atoms with Crippen LogP contribution in [0.15, 0.2) is 42.1 Å². The Kier molecular flexibility index (Phi) is 4.19. The molecule has 20 heavy (non-hydrogen) atoms. The second-order valence-corrected chi connectivity index (χ2v) is 5.66. The molecule has 3 nitrogen and oxygen atoms in total. The second-order valence-electron chi connectivity index (χ2n) is 5.66. The zero-order valence-corrected chi connectivity index (χ0v) is 12.2. The molecular formula is C17H23N3. The van der Waals surface area contributed by atoms with Gasteiger partial charge in [-0.05, 0) is 35.4 Å². The van der Waals surface area contributed by atoms with Gasteiger partial charge >= 0.3 is 0 Å². The van der Waals surface area contributed by atoms with Gasteiger partial charge in [-0.1, -0.05) is 30.3 Å². The van der Waals surface area contributed by atoms with E-state index in [2.05, 4.69) is 59.0 Å². The fourth-order valence-corrected chi connectivity index (χ4v) is 2.83. The molecule has 0 radical (unpaired) electrons. The number of allylic oxidation sites excluding steroid dienone is 2. The van der Waals surface area contributed by atoms with E-state index in [1.54, 1.807) is 0 Å². The van der Waals surface area contributed by atoms with Gasteiger partial charge < -0.3 is 10.6 Å². The van der Waals surface area contributed by atoms with Crippen molar-refractivity contribution in [2.45, 2.75) is 13.5 Å². The maximum Gasteiger partial charge on any atom is 0.0401 e. The number of hydrogen-bond acceptors (Lipinski definition) is 3. The Morgan fingerprint density at radius 2 is 1.85 bits per heavy atom. The summed E-state index contributed by atoms with van der Waals surface area (Å²) in [6, 6.07) is 9.05. The standard InChI is InChI=1S/C17H23N3/c1-14-10-17(12-19-11-14)16-4-2-15(3-5-16)13-20-8-6-18-7-9-20/h2-5,10-11,18-19H,6-9,12-13H2,1H3. The average molecular weight is 269 g/mol. The van der Waals surface area contributed by atoms with Gasteiger partial charge in [0, 0.05) is 39.3 Å². The predicted octanol–water partition coefficient (Wildman–Crippen LogP) is 1.98. The van der Waals surface area contributed by atoms with Gasteiger partial charge in [-0.25, -0.2) is 0 Å². The fraction of sp³-hybridized carbons (Fsp3) is 0.412. The van der Waals surface area contributed by atoms with Crippen molar-refractivity contribution in [2.24, 2.45) is 0 Å². The Balaban J connectivity index is 1.66. The molecule has 3 rings (SSSR count). The van der Waals surface area contributed by atoms with Crippen LogP contribution < -0.4 is 10.6 Å². The van der Waals surface area contributed by atoms with Crippen LogP contribution in [0.4, 0.5) is 0 Å². The van der Waals surface area contributed by atoms with E-state index in [9.17, 15) is 0 Å². The molecular weight excluding hydrogens is 246 g/mol. The fourth-order valence-electron chi connectivity index (χ4n) is 2.83. The van der Waals surface area contributed by atoms with Crippen LogP contribution in [0.1, 0.15) is 18.1 Å². The van der Waals surface area contributed by atoms with Gasteiger partial charge in [0.15, 0.2) is 0 Å². The van der Waals surface area contributed by atoms with Crippen LogP contribution in [0, 0.1) is 0 Å². The van der Waals surface area contributed by atoms with Crippen molar-refractivity contribution in [1.29, 1.82) is 0 Å². The average Bonchev–Trinajstić information content (AvgIpc) is 2.49. The summed E-state index contributed by atoms with van der Waals surface area (Å²) in [5, 5.41) is 6.71. The molecule has 0 amide bonds. The molecule has 0 spiro atoms. The van der Waals surface area contributed by atoms with Gasteiger partial charge in [0.1, 0.15) is 0 Å². The van der Waals surface area contributed by atoms with Gasteiger partial charge in [0.25, 0.3) is 0 Å². The summed E-state index contributed by atoms with van der Waals surface area (Å²) in [6.45, 7) is 8.66. The lowest BCUT2D eigenvalue weighted by molar-refractivity contribution is 0.233. The molecule has 0 bridgehead atoms. The Morgan fingerprint density at radius 1 is 1.10 bits per heavy atom. The van der Waals surface area contributed by atoms with E-state index in [0.717, 1.165) is 39.3 Å². The SMILES string of the molecule is CC1=CNCC(c2ccc(CN3CCNCC3)cc2)=C1. The minimum absolute atomic E-state index is 0.925. The highest BCUT2D eigenvalue weighted by Crippen LogP contribution is 2.19. The molecule has 2 aliphatic heterocycles. The molecule has 0 unspecified atom stereocenters. The van der Waals surface area contributed by atoms with Crippen molar-refractivity contribution in [2.75, 3.05) is 32.7 Å². The molecule has 1 fully saturated rings. The number of nitrogens with one attached hydrogen (secondary N) is 2. The third-order valence-corrected chi connectivity index (χ3v) is 3.96. The summed E-state index contributed by atoms with van der Waals surface area (Å²) in [4.78, 5) is 2.51. The van der Waals surface area contributed by atoms with Gasteiger partial charge in [-0.2, -0.15) is 0 Å². The molecule has 0 aliphatic carbocycles. The molecule has 1 saturated heterocycles. The first-order chi connectivity index (χ1) is 9.81. The lowest BCUT2D eigenvalue weighted by Crippen LogP contribution is -2.42. The van der Waals surface area contributed by atoms with Crippen molar-refractivity contribution >= 4 is 5.57 Å². The van der Waals surface area contributed by atoms with Crippen LogP contribution in [0.5, 0.6) is 0 Å². The minimum atomic E-state index is 0.925. The minimum Gasteiger partial charge on any atom is -0.387 e. The smallest absolute Gasteiger partial charge is 0.0401 e. The Hall–Kier alpha value is -1.58. The van der Waals surface area contributed by atoms with Crippen molar-refractivity contribution in [3.05, 3.63) is 53.2 Å². The van der Waals surface area contributed by atoms with Crippen LogP contribution in [-0.2, 0) is 6.54 Å². The van der Waals surface area contributed by atoms with Crippen LogP contribution in [0.3, 0.4) is 0 Å². The van der Waals surface area contributed by atoms with Crippen LogP contribution in [0.2, 0.25) is 0 Å². The quantitative estimate of drug-likeness (QED) is 0.878. The van der Waals surface area contributed by atoms with Crippen molar-refractivity contribution < 1.29 is 0 Å². The molecule has 106 valence electrons. The highest BCUT2D eigenvalue weighted by atomic mass is 15.2. The molecule has 2 N–H and O–H groups in total. The first-order valence-corrected chi connectivity index (χ1v) is 7.44. The summed E-state index contributed by atoms with van der Waals surface area (Å²) in [5.74, 6) is 0. The van der Waals surface area contributed by atoms with E-state index in [0.29, 0.717) is 0 Å². The number of rotatable bonds is 3.